The van der Waals surface area contributed by atoms with Gasteiger partial charge in [-0.3, -0.25) is 4.68 Å². The molecule has 1 heterocycles. The maximum absolute atomic E-state index is 5.70. The smallest absolute Gasteiger partial charge is 0.165 e. The summed E-state index contributed by atoms with van der Waals surface area (Å²) in [5.74, 6) is 1.58. The normalized spacial score (nSPS) is 11.6. The summed E-state index contributed by atoms with van der Waals surface area (Å²) in [6.07, 6.45) is 3.55. The fraction of sp³-hybridized carbons (Fsp3) is 0.400. The van der Waals surface area contributed by atoms with E-state index in [9.17, 15) is 0 Å². The Bertz CT molecular complexity index is 523. The Labute approximate surface area is 114 Å². The molecule has 1 aromatic heterocycles. The maximum Gasteiger partial charge on any atom is 0.165 e. The van der Waals surface area contributed by atoms with Gasteiger partial charge in [0.05, 0.1) is 12.4 Å². The molecule has 0 aliphatic rings. The van der Waals surface area contributed by atoms with E-state index in [4.69, 9.17) is 4.74 Å². The summed E-state index contributed by atoms with van der Waals surface area (Å²) < 4.78 is 7.42. The van der Waals surface area contributed by atoms with Crippen LogP contribution in [-0.4, -0.2) is 15.3 Å². The Morgan fingerprint density at radius 2 is 1.84 bits per heavy atom. The van der Waals surface area contributed by atoms with Crippen molar-refractivity contribution < 1.29 is 4.74 Å². The van der Waals surface area contributed by atoms with Crippen LogP contribution in [0.25, 0.3) is 0 Å². The van der Waals surface area contributed by atoms with Crippen LogP contribution < -0.4 is 10.1 Å². The molecule has 0 fully saturated rings. The zero-order valence-electron chi connectivity index (χ0n) is 12.0. The van der Waals surface area contributed by atoms with Crippen molar-refractivity contribution in [1.82, 2.24) is 15.1 Å². The molecule has 2 aromatic rings. The molecule has 4 nitrogen and oxygen atoms in total. The quantitative estimate of drug-likeness (QED) is 0.917. The van der Waals surface area contributed by atoms with E-state index in [1.165, 1.54) is 5.56 Å². The summed E-state index contributed by atoms with van der Waals surface area (Å²) in [6, 6.07) is 8.11. The molecule has 0 amide bonds. The molecule has 0 aliphatic heterocycles. The van der Waals surface area contributed by atoms with Gasteiger partial charge in [0.15, 0.2) is 5.75 Å². The molecule has 0 radical (unpaired) electrons. The largest absolute Gasteiger partial charge is 0.454 e. The minimum atomic E-state index is 0.130. The molecular formula is C15H21N3O. The highest BCUT2D eigenvalue weighted by molar-refractivity contribution is 5.31. The molecule has 0 saturated heterocycles. The summed E-state index contributed by atoms with van der Waals surface area (Å²) in [5.41, 5.74) is 1.37. The van der Waals surface area contributed by atoms with E-state index >= 15 is 0 Å². The topological polar surface area (TPSA) is 39.1 Å². The predicted octanol–water partition coefficient (Wildman–Crippen LogP) is 3.10. The summed E-state index contributed by atoms with van der Waals surface area (Å²) in [6.45, 7) is 7.34. The van der Waals surface area contributed by atoms with Gasteiger partial charge in [-0.2, -0.15) is 5.10 Å². The number of hydrogen-bond donors (Lipinski definition) is 1. The SMILES string of the molecule is Cn1cc(Oc2ccc(CNC(C)(C)C)cc2)cn1. The Morgan fingerprint density at radius 3 is 2.37 bits per heavy atom. The van der Waals surface area contributed by atoms with Crippen molar-refractivity contribution in [3.63, 3.8) is 0 Å². The monoisotopic (exact) mass is 259 g/mol. The van der Waals surface area contributed by atoms with Crippen LogP contribution in [0.1, 0.15) is 26.3 Å². The van der Waals surface area contributed by atoms with Crippen molar-refractivity contribution in [3.05, 3.63) is 42.2 Å². The van der Waals surface area contributed by atoms with E-state index < -0.39 is 0 Å². The lowest BCUT2D eigenvalue weighted by atomic mass is 10.1. The molecule has 19 heavy (non-hydrogen) atoms. The number of aromatic nitrogens is 2. The van der Waals surface area contributed by atoms with Crippen molar-refractivity contribution in [2.24, 2.45) is 7.05 Å². The summed E-state index contributed by atoms with van der Waals surface area (Å²) in [7, 11) is 1.87. The average molecular weight is 259 g/mol. The number of hydrogen-bond acceptors (Lipinski definition) is 3. The highest BCUT2D eigenvalue weighted by atomic mass is 16.5. The van der Waals surface area contributed by atoms with E-state index in [1.807, 2.05) is 25.4 Å². The fourth-order valence-corrected chi connectivity index (χ4v) is 1.63. The number of benzene rings is 1. The molecule has 0 spiro atoms. The maximum atomic E-state index is 5.70. The summed E-state index contributed by atoms with van der Waals surface area (Å²) in [5, 5.41) is 7.52. The Balaban J connectivity index is 1.95. The standard InChI is InChI=1S/C15H21N3O/c1-15(2,3)16-9-12-5-7-13(8-6-12)19-14-10-17-18(4)11-14/h5-8,10-11,16H,9H2,1-4H3. The van der Waals surface area contributed by atoms with Crippen molar-refractivity contribution >= 4 is 0 Å². The lowest BCUT2D eigenvalue weighted by Gasteiger charge is -2.20. The van der Waals surface area contributed by atoms with Gasteiger partial charge in [0.25, 0.3) is 0 Å². The fourth-order valence-electron chi connectivity index (χ4n) is 1.63. The van der Waals surface area contributed by atoms with Crippen LogP contribution in [0.2, 0.25) is 0 Å². The third kappa shape index (κ3) is 4.41. The minimum absolute atomic E-state index is 0.130. The zero-order valence-corrected chi connectivity index (χ0v) is 12.0. The Morgan fingerprint density at radius 1 is 1.16 bits per heavy atom. The van der Waals surface area contributed by atoms with E-state index in [-0.39, 0.29) is 5.54 Å². The van der Waals surface area contributed by atoms with Crippen LogP contribution in [-0.2, 0) is 13.6 Å². The lowest BCUT2D eigenvalue weighted by molar-refractivity contribution is 0.424. The van der Waals surface area contributed by atoms with E-state index in [0.29, 0.717) is 0 Å². The second-order valence-electron chi connectivity index (χ2n) is 5.70. The number of nitrogens with zero attached hydrogens (tertiary/aromatic N) is 2. The number of nitrogens with one attached hydrogen (secondary N) is 1. The first-order chi connectivity index (χ1) is 8.92. The third-order valence-electron chi connectivity index (χ3n) is 2.66. The van der Waals surface area contributed by atoms with Gasteiger partial charge < -0.3 is 10.1 Å². The van der Waals surface area contributed by atoms with Gasteiger partial charge in [-0.25, -0.2) is 0 Å². The molecule has 1 aromatic carbocycles. The van der Waals surface area contributed by atoms with E-state index in [2.05, 4.69) is 43.3 Å². The molecule has 0 unspecified atom stereocenters. The van der Waals surface area contributed by atoms with Crippen LogP contribution in [0.4, 0.5) is 0 Å². The lowest BCUT2D eigenvalue weighted by Crippen LogP contribution is -2.34. The van der Waals surface area contributed by atoms with Crippen LogP contribution in [0.15, 0.2) is 36.7 Å². The van der Waals surface area contributed by atoms with E-state index in [0.717, 1.165) is 18.0 Å². The number of aryl methyl sites for hydroxylation is 1. The first-order valence-electron chi connectivity index (χ1n) is 6.43. The van der Waals surface area contributed by atoms with Crippen LogP contribution in [0, 0.1) is 0 Å². The van der Waals surface area contributed by atoms with Crippen molar-refractivity contribution in [1.29, 1.82) is 0 Å². The van der Waals surface area contributed by atoms with Gasteiger partial charge in [-0.1, -0.05) is 12.1 Å². The Hall–Kier alpha value is -1.81. The first kappa shape index (κ1) is 13.6. The molecule has 102 valence electrons. The van der Waals surface area contributed by atoms with Crippen LogP contribution >= 0.6 is 0 Å². The second-order valence-corrected chi connectivity index (χ2v) is 5.70. The molecular weight excluding hydrogens is 238 g/mol. The highest BCUT2D eigenvalue weighted by Gasteiger charge is 2.08. The molecule has 0 aliphatic carbocycles. The van der Waals surface area contributed by atoms with Gasteiger partial charge in [0.1, 0.15) is 5.75 Å². The van der Waals surface area contributed by atoms with Gasteiger partial charge >= 0.3 is 0 Å². The van der Waals surface area contributed by atoms with Crippen molar-refractivity contribution in [2.75, 3.05) is 0 Å². The molecule has 1 N–H and O–H groups in total. The number of ether oxygens (including phenoxy) is 1. The summed E-state index contributed by atoms with van der Waals surface area (Å²) >= 11 is 0. The first-order valence-corrected chi connectivity index (χ1v) is 6.43. The van der Waals surface area contributed by atoms with Gasteiger partial charge in [-0.15, -0.1) is 0 Å². The molecule has 2 rings (SSSR count). The van der Waals surface area contributed by atoms with Gasteiger partial charge in [-0.05, 0) is 38.5 Å². The van der Waals surface area contributed by atoms with Gasteiger partial charge in [0, 0.05) is 19.1 Å². The molecule has 0 atom stereocenters. The summed E-state index contributed by atoms with van der Waals surface area (Å²) in [4.78, 5) is 0. The van der Waals surface area contributed by atoms with Crippen LogP contribution in [0.3, 0.4) is 0 Å². The molecule has 0 saturated carbocycles. The Kier molecular flexibility index (Phi) is 3.90. The minimum Gasteiger partial charge on any atom is -0.454 e. The zero-order chi connectivity index (χ0) is 13.9. The van der Waals surface area contributed by atoms with E-state index in [1.54, 1.807) is 10.9 Å². The van der Waals surface area contributed by atoms with Gasteiger partial charge in [0.2, 0.25) is 0 Å². The van der Waals surface area contributed by atoms with Crippen molar-refractivity contribution in [2.45, 2.75) is 32.9 Å². The van der Waals surface area contributed by atoms with Crippen LogP contribution in [0.5, 0.6) is 11.5 Å². The number of rotatable bonds is 4. The second kappa shape index (κ2) is 5.45. The van der Waals surface area contributed by atoms with Crippen molar-refractivity contribution in [3.8, 4) is 11.5 Å². The third-order valence-corrected chi connectivity index (χ3v) is 2.66. The highest BCUT2D eigenvalue weighted by Crippen LogP contribution is 2.20. The molecule has 4 heteroatoms. The average Bonchev–Trinajstić information content (AvgIpc) is 2.73. The predicted molar refractivity (Wildman–Crippen MR) is 76.3 cm³/mol. The molecule has 0 bridgehead atoms.